The minimum Gasteiger partial charge on any atom is -0.353 e. The molecular weight excluding hydrogens is 379 g/mol. The predicted octanol–water partition coefficient (Wildman–Crippen LogP) is 5.20. The standard InChI is InChI=1S/C23H15FN6/c24-16-2-1-14(9-16)21-17-11-20(28-19(17)5-8-26-21)22-18-10-15(12-27-23(18)30-29-22)13-3-6-25-7-4-13/h1-8,10-12,28H,9H2,(H,27,29,30). The van der Waals surface area contributed by atoms with Gasteiger partial charge < -0.3 is 4.98 Å². The van der Waals surface area contributed by atoms with Gasteiger partial charge in [0.2, 0.25) is 0 Å². The van der Waals surface area contributed by atoms with Crippen molar-refractivity contribution in [3.8, 4) is 22.5 Å². The molecule has 0 amide bonds. The summed E-state index contributed by atoms with van der Waals surface area (Å²) in [5, 5.41) is 9.32. The van der Waals surface area contributed by atoms with E-state index in [-0.39, 0.29) is 12.2 Å². The third kappa shape index (κ3) is 2.63. The molecule has 6 nitrogen and oxygen atoms in total. The zero-order chi connectivity index (χ0) is 20.1. The minimum absolute atomic E-state index is 0.145. The molecule has 7 heteroatoms. The van der Waals surface area contributed by atoms with Crippen molar-refractivity contribution in [2.24, 2.45) is 0 Å². The van der Waals surface area contributed by atoms with Crippen molar-refractivity contribution in [1.82, 2.24) is 30.1 Å². The van der Waals surface area contributed by atoms with Gasteiger partial charge in [-0.1, -0.05) is 6.08 Å². The van der Waals surface area contributed by atoms with Crippen molar-refractivity contribution in [3.63, 3.8) is 0 Å². The summed E-state index contributed by atoms with van der Waals surface area (Å²) < 4.78 is 13.6. The normalized spacial score (nSPS) is 13.8. The van der Waals surface area contributed by atoms with Crippen LogP contribution in [0.2, 0.25) is 0 Å². The Hall–Kier alpha value is -4.13. The van der Waals surface area contributed by atoms with Crippen LogP contribution in [0.25, 0.3) is 50.0 Å². The first-order valence-electron chi connectivity index (χ1n) is 9.54. The van der Waals surface area contributed by atoms with Crippen LogP contribution in [0.15, 0.2) is 73.1 Å². The zero-order valence-electron chi connectivity index (χ0n) is 15.7. The molecule has 0 fully saturated rings. The lowest BCUT2D eigenvalue weighted by Gasteiger charge is -2.02. The summed E-state index contributed by atoms with van der Waals surface area (Å²) in [6.07, 6.45) is 10.6. The third-order valence-corrected chi connectivity index (χ3v) is 5.37. The van der Waals surface area contributed by atoms with Gasteiger partial charge >= 0.3 is 0 Å². The number of H-pyrrole nitrogens is 2. The summed E-state index contributed by atoms with van der Waals surface area (Å²) >= 11 is 0. The topological polar surface area (TPSA) is 83.1 Å². The molecule has 30 heavy (non-hydrogen) atoms. The van der Waals surface area contributed by atoms with Gasteiger partial charge in [0.05, 0.1) is 17.1 Å². The number of hydrogen-bond acceptors (Lipinski definition) is 4. The fraction of sp³-hybridized carbons (Fsp3) is 0.0435. The first-order chi connectivity index (χ1) is 14.8. The first kappa shape index (κ1) is 16.8. The third-order valence-electron chi connectivity index (χ3n) is 5.37. The quantitative estimate of drug-likeness (QED) is 0.440. The molecule has 0 bridgehead atoms. The Labute approximate surface area is 170 Å². The molecule has 2 N–H and O–H groups in total. The Bertz CT molecular complexity index is 1480. The van der Waals surface area contributed by atoms with E-state index in [0.29, 0.717) is 5.65 Å². The van der Waals surface area contributed by atoms with Crippen LogP contribution in [0, 0.1) is 0 Å². The average molecular weight is 394 g/mol. The number of aromatic amines is 2. The second kappa shape index (κ2) is 6.45. The van der Waals surface area contributed by atoms with Gasteiger partial charge in [0.15, 0.2) is 5.65 Å². The molecule has 0 spiro atoms. The summed E-state index contributed by atoms with van der Waals surface area (Å²) in [4.78, 5) is 16.5. The Kier molecular flexibility index (Phi) is 3.61. The van der Waals surface area contributed by atoms with Crippen molar-refractivity contribution in [1.29, 1.82) is 0 Å². The van der Waals surface area contributed by atoms with Gasteiger partial charge in [-0.3, -0.25) is 15.1 Å². The molecule has 1 aliphatic carbocycles. The first-order valence-corrected chi connectivity index (χ1v) is 9.54. The zero-order valence-corrected chi connectivity index (χ0v) is 15.7. The average Bonchev–Trinajstić information content (AvgIpc) is 3.51. The van der Waals surface area contributed by atoms with Gasteiger partial charge in [-0.2, -0.15) is 5.10 Å². The van der Waals surface area contributed by atoms with Crippen molar-refractivity contribution in [3.05, 3.63) is 78.8 Å². The van der Waals surface area contributed by atoms with E-state index in [2.05, 4.69) is 36.2 Å². The fourth-order valence-electron chi connectivity index (χ4n) is 3.91. The maximum atomic E-state index is 13.6. The van der Waals surface area contributed by atoms with Gasteiger partial charge in [-0.25, -0.2) is 9.37 Å². The monoisotopic (exact) mass is 394 g/mol. The van der Waals surface area contributed by atoms with Crippen LogP contribution in [0.3, 0.4) is 0 Å². The fourth-order valence-corrected chi connectivity index (χ4v) is 3.91. The van der Waals surface area contributed by atoms with Crippen LogP contribution < -0.4 is 0 Å². The lowest BCUT2D eigenvalue weighted by atomic mass is 10.1. The Balaban J connectivity index is 1.49. The van der Waals surface area contributed by atoms with Crippen LogP contribution in [0.5, 0.6) is 0 Å². The predicted molar refractivity (Wildman–Crippen MR) is 114 cm³/mol. The van der Waals surface area contributed by atoms with E-state index < -0.39 is 0 Å². The number of halogens is 1. The van der Waals surface area contributed by atoms with Gasteiger partial charge in [-0.05, 0) is 47.5 Å². The smallest absolute Gasteiger partial charge is 0.181 e. The second-order valence-electron chi connectivity index (χ2n) is 7.22. The van der Waals surface area contributed by atoms with Crippen LogP contribution in [0.1, 0.15) is 12.1 Å². The van der Waals surface area contributed by atoms with E-state index in [1.807, 2.05) is 30.5 Å². The van der Waals surface area contributed by atoms with E-state index >= 15 is 0 Å². The molecule has 5 heterocycles. The highest BCUT2D eigenvalue weighted by Gasteiger charge is 2.18. The summed E-state index contributed by atoms with van der Waals surface area (Å²) in [7, 11) is 0. The SMILES string of the molecule is FC1=CC=C(c2nccc3[nH]c(-c4[nH]nc5ncc(-c6ccncc6)cc45)cc23)C1. The molecule has 5 aromatic rings. The molecule has 0 atom stereocenters. The molecule has 0 aliphatic heterocycles. The molecule has 144 valence electrons. The van der Waals surface area contributed by atoms with E-state index in [1.165, 1.54) is 6.08 Å². The minimum atomic E-state index is -0.145. The van der Waals surface area contributed by atoms with Crippen molar-refractivity contribution in [2.75, 3.05) is 0 Å². The van der Waals surface area contributed by atoms with Crippen molar-refractivity contribution >= 4 is 27.5 Å². The number of allylic oxidation sites excluding steroid dienone is 4. The highest BCUT2D eigenvalue weighted by atomic mass is 19.1. The Morgan fingerprint density at radius 3 is 2.63 bits per heavy atom. The number of aromatic nitrogens is 6. The lowest BCUT2D eigenvalue weighted by Crippen LogP contribution is -1.88. The molecule has 0 saturated carbocycles. The van der Waals surface area contributed by atoms with E-state index in [0.717, 1.165) is 50.1 Å². The second-order valence-corrected chi connectivity index (χ2v) is 7.22. The molecule has 0 saturated heterocycles. The summed E-state index contributed by atoms with van der Waals surface area (Å²) in [6.45, 7) is 0. The van der Waals surface area contributed by atoms with E-state index in [1.54, 1.807) is 24.7 Å². The van der Waals surface area contributed by atoms with Crippen LogP contribution in [-0.4, -0.2) is 30.1 Å². The molecule has 0 radical (unpaired) electrons. The number of nitrogens with one attached hydrogen (secondary N) is 2. The van der Waals surface area contributed by atoms with Crippen LogP contribution in [-0.2, 0) is 0 Å². The largest absolute Gasteiger partial charge is 0.353 e. The van der Waals surface area contributed by atoms with E-state index in [4.69, 9.17) is 0 Å². The van der Waals surface area contributed by atoms with Gasteiger partial charge in [0.25, 0.3) is 0 Å². The molecule has 5 aromatic heterocycles. The molecule has 1 aliphatic rings. The van der Waals surface area contributed by atoms with Gasteiger partial charge in [-0.15, -0.1) is 0 Å². The molecular formula is C23H15FN6. The maximum absolute atomic E-state index is 13.6. The number of hydrogen-bond donors (Lipinski definition) is 2. The maximum Gasteiger partial charge on any atom is 0.181 e. The molecule has 6 rings (SSSR count). The summed E-state index contributed by atoms with van der Waals surface area (Å²) in [6, 6.07) is 9.92. The van der Waals surface area contributed by atoms with Crippen molar-refractivity contribution in [2.45, 2.75) is 6.42 Å². The van der Waals surface area contributed by atoms with Crippen molar-refractivity contribution < 1.29 is 4.39 Å². The van der Waals surface area contributed by atoms with E-state index in [9.17, 15) is 4.39 Å². The highest BCUT2D eigenvalue weighted by Crippen LogP contribution is 2.35. The summed E-state index contributed by atoms with van der Waals surface area (Å²) in [5.74, 6) is -0.145. The summed E-state index contributed by atoms with van der Waals surface area (Å²) in [5.41, 5.74) is 7.00. The number of fused-ring (bicyclic) bond motifs is 2. The Morgan fingerprint density at radius 1 is 0.900 bits per heavy atom. The van der Waals surface area contributed by atoms with Crippen LogP contribution in [0.4, 0.5) is 4.39 Å². The number of pyridine rings is 3. The molecule has 0 aromatic carbocycles. The van der Waals surface area contributed by atoms with Crippen LogP contribution >= 0.6 is 0 Å². The molecule has 0 unspecified atom stereocenters. The highest BCUT2D eigenvalue weighted by molar-refractivity contribution is 5.99. The number of nitrogens with zero attached hydrogens (tertiary/aromatic N) is 4. The van der Waals surface area contributed by atoms with Gasteiger partial charge in [0.1, 0.15) is 5.83 Å². The lowest BCUT2D eigenvalue weighted by molar-refractivity contribution is 0.626. The number of rotatable bonds is 3. The Morgan fingerprint density at radius 2 is 1.80 bits per heavy atom. The van der Waals surface area contributed by atoms with Gasteiger partial charge in [0, 0.05) is 53.1 Å².